The Balaban J connectivity index is 1.76. The van der Waals surface area contributed by atoms with Crippen LogP contribution in [0.5, 0.6) is 0 Å². The first-order valence-corrected chi connectivity index (χ1v) is 8.00. The van der Waals surface area contributed by atoms with Crippen molar-refractivity contribution in [1.82, 2.24) is 14.7 Å². The van der Waals surface area contributed by atoms with Crippen molar-refractivity contribution in [3.8, 4) is 0 Å². The molecule has 2 aromatic rings. The Morgan fingerprint density at radius 1 is 1.29 bits per heavy atom. The van der Waals surface area contributed by atoms with Crippen molar-refractivity contribution in [3.63, 3.8) is 0 Å². The molecule has 0 radical (unpaired) electrons. The van der Waals surface area contributed by atoms with Crippen molar-refractivity contribution >= 4 is 11.6 Å². The number of carbonyl (C=O) groups is 1. The maximum atomic E-state index is 12.7. The van der Waals surface area contributed by atoms with Gasteiger partial charge in [0.1, 0.15) is 5.56 Å². The molecule has 0 atom stereocenters. The Hall–Kier alpha value is -2.70. The second-order valence-electron chi connectivity index (χ2n) is 6.17. The van der Waals surface area contributed by atoms with Crippen LogP contribution in [0.25, 0.3) is 0 Å². The Labute approximate surface area is 140 Å². The number of likely N-dealkylation sites (tertiary alicyclic amines) is 1. The molecule has 0 aliphatic carbocycles. The van der Waals surface area contributed by atoms with Gasteiger partial charge in [-0.05, 0) is 31.9 Å². The van der Waals surface area contributed by atoms with Gasteiger partial charge in [0.05, 0.1) is 4.92 Å². The van der Waals surface area contributed by atoms with Gasteiger partial charge >= 0.3 is 0 Å². The molecule has 1 aliphatic rings. The molecule has 1 amide bonds. The summed E-state index contributed by atoms with van der Waals surface area (Å²) in [6, 6.07) is 6.90. The smallest absolute Gasteiger partial charge is 0.285 e. The lowest BCUT2D eigenvalue weighted by Crippen LogP contribution is -2.38. The SMILES string of the molecule is Cc1cccc(C(=O)N2CCC(c3ccnn3C)CC2)c1[N+](=O)[O-]. The summed E-state index contributed by atoms with van der Waals surface area (Å²) in [5.74, 6) is 0.114. The van der Waals surface area contributed by atoms with E-state index < -0.39 is 4.92 Å². The number of hydrogen-bond donors (Lipinski definition) is 0. The average Bonchev–Trinajstić information content (AvgIpc) is 3.00. The zero-order valence-corrected chi connectivity index (χ0v) is 13.8. The number of piperidine rings is 1. The molecule has 2 heterocycles. The molecule has 0 bridgehead atoms. The van der Waals surface area contributed by atoms with Crippen LogP contribution in [0.2, 0.25) is 0 Å². The highest BCUT2D eigenvalue weighted by Gasteiger charge is 2.30. The molecule has 0 N–H and O–H groups in total. The number of hydrogen-bond acceptors (Lipinski definition) is 4. The van der Waals surface area contributed by atoms with Crippen molar-refractivity contribution in [3.05, 3.63) is 57.4 Å². The van der Waals surface area contributed by atoms with Crippen LogP contribution in [0.1, 0.15) is 40.4 Å². The van der Waals surface area contributed by atoms with Crippen LogP contribution in [-0.4, -0.2) is 38.6 Å². The first-order valence-electron chi connectivity index (χ1n) is 8.00. The fraction of sp³-hybridized carbons (Fsp3) is 0.412. The van der Waals surface area contributed by atoms with E-state index in [1.54, 1.807) is 36.2 Å². The van der Waals surface area contributed by atoms with Gasteiger partial charge < -0.3 is 4.90 Å². The number of aromatic nitrogens is 2. The van der Waals surface area contributed by atoms with Crippen LogP contribution in [-0.2, 0) is 7.05 Å². The van der Waals surface area contributed by atoms with E-state index in [0.717, 1.165) is 12.8 Å². The number of benzene rings is 1. The molecular formula is C17H20N4O3. The first kappa shape index (κ1) is 16.2. The molecule has 1 aliphatic heterocycles. The highest BCUT2D eigenvalue weighted by molar-refractivity contribution is 5.98. The number of nitro benzene ring substituents is 1. The van der Waals surface area contributed by atoms with E-state index in [2.05, 4.69) is 5.10 Å². The van der Waals surface area contributed by atoms with E-state index in [9.17, 15) is 14.9 Å². The molecule has 1 aromatic carbocycles. The number of carbonyl (C=O) groups excluding carboxylic acids is 1. The van der Waals surface area contributed by atoms with E-state index in [1.165, 1.54) is 5.69 Å². The maximum absolute atomic E-state index is 12.7. The third kappa shape index (κ3) is 2.89. The summed E-state index contributed by atoms with van der Waals surface area (Å²) < 4.78 is 1.87. The van der Waals surface area contributed by atoms with E-state index in [0.29, 0.717) is 24.6 Å². The highest BCUT2D eigenvalue weighted by Crippen LogP contribution is 2.30. The summed E-state index contributed by atoms with van der Waals surface area (Å²) in [6.07, 6.45) is 3.46. The quantitative estimate of drug-likeness (QED) is 0.641. The number of amides is 1. The van der Waals surface area contributed by atoms with Crippen LogP contribution in [0.4, 0.5) is 5.69 Å². The minimum absolute atomic E-state index is 0.0868. The zero-order valence-electron chi connectivity index (χ0n) is 13.8. The van der Waals surface area contributed by atoms with Crippen molar-refractivity contribution in [2.24, 2.45) is 7.05 Å². The molecule has 24 heavy (non-hydrogen) atoms. The standard InChI is InChI=1S/C17H20N4O3/c1-12-4-3-5-14(16(12)21(23)24)17(22)20-10-7-13(8-11-20)15-6-9-18-19(15)2/h3-6,9,13H,7-8,10-11H2,1-2H3. The normalized spacial score (nSPS) is 15.5. The van der Waals surface area contributed by atoms with Crippen molar-refractivity contribution in [2.45, 2.75) is 25.7 Å². The minimum atomic E-state index is -0.467. The van der Waals surface area contributed by atoms with Gasteiger partial charge in [0, 0.05) is 43.5 Å². The van der Waals surface area contributed by atoms with Gasteiger partial charge in [0.15, 0.2) is 0 Å². The van der Waals surface area contributed by atoms with E-state index in [-0.39, 0.29) is 17.2 Å². The molecule has 7 nitrogen and oxygen atoms in total. The number of para-hydroxylation sites is 1. The monoisotopic (exact) mass is 328 g/mol. The third-order valence-corrected chi connectivity index (χ3v) is 4.71. The molecule has 0 saturated carbocycles. The highest BCUT2D eigenvalue weighted by atomic mass is 16.6. The van der Waals surface area contributed by atoms with E-state index in [4.69, 9.17) is 0 Å². The van der Waals surface area contributed by atoms with Crippen LogP contribution in [0.3, 0.4) is 0 Å². The molecule has 0 unspecified atom stereocenters. The molecular weight excluding hydrogens is 308 g/mol. The molecule has 1 fully saturated rings. The lowest BCUT2D eigenvalue weighted by Gasteiger charge is -2.32. The number of nitrogens with zero attached hydrogens (tertiary/aromatic N) is 4. The predicted octanol–water partition coefficient (Wildman–Crippen LogP) is 2.66. The average molecular weight is 328 g/mol. The minimum Gasteiger partial charge on any atom is -0.338 e. The van der Waals surface area contributed by atoms with E-state index in [1.807, 2.05) is 17.8 Å². The summed E-state index contributed by atoms with van der Waals surface area (Å²) in [7, 11) is 1.92. The van der Waals surface area contributed by atoms with Gasteiger partial charge in [-0.1, -0.05) is 12.1 Å². The zero-order chi connectivity index (χ0) is 17.3. The van der Waals surface area contributed by atoms with Gasteiger partial charge in [0.2, 0.25) is 0 Å². The van der Waals surface area contributed by atoms with Crippen molar-refractivity contribution in [2.75, 3.05) is 13.1 Å². The van der Waals surface area contributed by atoms with Gasteiger partial charge in [0.25, 0.3) is 11.6 Å². The van der Waals surface area contributed by atoms with Crippen LogP contribution in [0, 0.1) is 17.0 Å². The topological polar surface area (TPSA) is 81.3 Å². The fourth-order valence-electron chi connectivity index (χ4n) is 3.41. The predicted molar refractivity (Wildman–Crippen MR) is 88.9 cm³/mol. The number of aryl methyl sites for hydroxylation is 2. The summed E-state index contributed by atoms with van der Waals surface area (Å²) in [5, 5.41) is 15.5. The van der Waals surface area contributed by atoms with Gasteiger partial charge in [-0.15, -0.1) is 0 Å². The largest absolute Gasteiger partial charge is 0.338 e. The van der Waals surface area contributed by atoms with Gasteiger partial charge in [-0.3, -0.25) is 19.6 Å². The molecule has 1 aromatic heterocycles. The lowest BCUT2D eigenvalue weighted by atomic mass is 9.93. The van der Waals surface area contributed by atoms with Crippen LogP contribution < -0.4 is 0 Å². The van der Waals surface area contributed by atoms with E-state index >= 15 is 0 Å². The Morgan fingerprint density at radius 3 is 2.58 bits per heavy atom. The molecule has 126 valence electrons. The van der Waals surface area contributed by atoms with Gasteiger partial charge in [-0.25, -0.2) is 0 Å². The second-order valence-corrected chi connectivity index (χ2v) is 6.17. The Morgan fingerprint density at radius 2 is 2.00 bits per heavy atom. The second kappa shape index (κ2) is 6.43. The van der Waals surface area contributed by atoms with Crippen molar-refractivity contribution in [1.29, 1.82) is 0 Å². The summed E-state index contributed by atoms with van der Waals surface area (Å²) in [5.41, 5.74) is 1.77. The summed E-state index contributed by atoms with van der Waals surface area (Å²) in [6.45, 7) is 2.85. The lowest BCUT2D eigenvalue weighted by molar-refractivity contribution is -0.385. The number of rotatable bonds is 3. The first-order chi connectivity index (χ1) is 11.5. The van der Waals surface area contributed by atoms with Gasteiger partial charge in [-0.2, -0.15) is 5.10 Å². The third-order valence-electron chi connectivity index (χ3n) is 4.71. The summed E-state index contributed by atoms with van der Waals surface area (Å²) >= 11 is 0. The fourth-order valence-corrected chi connectivity index (χ4v) is 3.41. The van der Waals surface area contributed by atoms with Crippen LogP contribution >= 0.6 is 0 Å². The van der Waals surface area contributed by atoms with Crippen molar-refractivity contribution < 1.29 is 9.72 Å². The Bertz CT molecular complexity index is 776. The Kier molecular flexibility index (Phi) is 4.33. The molecule has 1 saturated heterocycles. The van der Waals surface area contributed by atoms with Crippen LogP contribution in [0.15, 0.2) is 30.5 Å². The molecule has 3 rings (SSSR count). The maximum Gasteiger partial charge on any atom is 0.285 e. The molecule has 7 heteroatoms. The summed E-state index contributed by atoms with van der Waals surface area (Å²) in [4.78, 5) is 25.3. The molecule has 0 spiro atoms. The number of nitro groups is 1.